The zero-order valence-electron chi connectivity index (χ0n) is 10.9. The van der Waals surface area contributed by atoms with E-state index in [1.165, 1.54) is 18.4 Å². The van der Waals surface area contributed by atoms with Crippen LogP contribution in [0.5, 0.6) is 0 Å². The molecular weight excluding hydrogens is 304 g/mol. The van der Waals surface area contributed by atoms with E-state index in [0.717, 1.165) is 29.2 Å². The van der Waals surface area contributed by atoms with Crippen molar-refractivity contribution in [1.29, 1.82) is 0 Å². The molecule has 3 heterocycles. The third-order valence-electron chi connectivity index (χ3n) is 3.64. The summed E-state index contributed by atoms with van der Waals surface area (Å²) in [7, 11) is 0. The molecule has 100 valence electrons. The molecule has 1 N–H and O–H groups in total. The Hall–Kier alpha value is -1.36. The highest BCUT2D eigenvalue weighted by atomic mass is 79.9. The third kappa shape index (κ3) is 2.66. The smallest absolute Gasteiger partial charge is 0.131 e. The lowest BCUT2D eigenvalue weighted by Crippen LogP contribution is -2.35. The number of aromatic nitrogens is 3. The van der Waals surface area contributed by atoms with Crippen LogP contribution in [0.1, 0.15) is 30.1 Å². The Labute approximate surface area is 121 Å². The molecule has 0 spiro atoms. The molecule has 5 heteroatoms. The molecule has 0 aliphatic carbocycles. The average Bonchev–Trinajstić information content (AvgIpc) is 2.93. The number of hydrogen-bond donors (Lipinski definition) is 1. The number of nitrogens with one attached hydrogen (secondary N) is 1. The number of nitrogens with zero attached hydrogens (tertiary/aromatic N) is 3. The highest BCUT2D eigenvalue weighted by Gasteiger charge is 2.24. The molecule has 2 aromatic heterocycles. The van der Waals surface area contributed by atoms with E-state index in [-0.39, 0.29) is 0 Å². The molecule has 0 radical (unpaired) electrons. The van der Waals surface area contributed by atoms with Crippen molar-refractivity contribution in [3.8, 4) is 0 Å². The Morgan fingerprint density at radius 3 is 3.05 bits per heavy atom. The van der Waals surface area contributed by atoms with Gasteiger partial charge < -0.3 is 9.88 Å². The molecule has 1 aliphatic heterocycles. The lowest BCUT2D eigenvalue weighted by atomic mass is 9.97. The number of pyridine rings is 1. The zero-order chi connectivity index (χ0) is 13.2. The van der Waals surface area contributed by atoms with E-state index in [0.29, 0.717) is 5.92 Å². The van der Waals surface area contributed by atoms with Crippen molar-refractivity contribution in [3.05, 3.63) is 40.5 Å². The van der Waals surface area contributed by atoms with E-state index in [1.807, 2.05) is 18.6 Å². The molecule has 0 bridgehead atoms. The minimum atomic E-state index is 0.480. The van der Waals surface area contributed by atoms with E-state index in [9.17, 15) is 0 Å². The first kappa shape index (κ1) is 12.7. The Balaban J connectivity index is 1.81. The summed E-state index contributed by atoms with van der Waals surface area (Å²) in [5, 5.41) is 0. The van der Waals surface area contributed by atoms with Crippen LogP contribution in [0, 0.1) is 6.92 Å². The average molecular weight is 321 g/mol. The van der Waals surface area contributed by atoms with Crippen LogP contribution in [-0.4, -0.2) is 28.0 Å². The van der Waals surface area contributed by atoms with Gasteiger partial charge in [-0.15, -0.1) is 0 Å². The van der Waals surface area contributed by atoms with Crippen LogP contribution >= 0.6 is 15.9 Å². The van der Waals surface area contributed by atoms with Crippen LogP contribution < -0.4 is 4.90 Å². The molecule has 0 amide bonds. The number of hydrogen-bond acceptors (Lipinski definition) is 3. The summed E-state index contributed by atoms with van der Waals surface area (Å²) < 4.78 is 1.04. The summed E-state index contributed by atoms with van der Waals surface area (Å²) in [6.07, 6.45) is 7.98. The lowest BCUT2D eigenvalue weighted by Gasteiger charge is -2.33. The normalized spacial score (nSPS) is 19.7. The quantitative estimate of drug-likeness (QED) is 0.923. The van der Waals surface area contributed by atoms with Crippen molar-refractivity contribution in [2.24, 2.45) is 0 Å². The molecule has 1 saturated heterocycles. The molecule has 1 unspecified atom stereocenters. The molecule has 19 heavy (non-hydrogen) atoms. The Kier molecular flexibility index (Phi) is 3.55. The summed E-state index contributed by atoms with van der Waals surface area (Å²) in [4.78, 5) is 14.6. The highest BCUT2D eigenvalue weighted by Crippen LogP contribution is 2.29. The number of halogens is 1. The zero-order valence-corrected chi connectivity index (χ0v) is 12.5. The van der Waals surface area contributed by atoms with Gasteiger partial charge in [-0.1, -0.05) is 0 Å². The number of aromatic amines is 1. The van der Waals surface area contributed by atoms with Crippen LogP contribution in [0.25, 0.3) is 0 Å². The number of rotatable bonds is 2. The molecule has 1 aliphatic rings. The van der Waals surface area contributed by atoms with Crippen molar-refractivity contribution in [1.82, 2.24) is 15.0 Å². The van der Waals surface area contributed by atoms with E-state index >= 15 is 0 Å². The molecule has 3 rings (SSSR count). The second kappa shape index (κ2) is 5.33. The van der Waals surface area contributed by atoms with E-state index in [2.05, 4.69) is 48.8 Å². The monoisotopic (exact) mass is 320 g/mol. The van der Waals surface area contributed by atoms with Crippen molar-refractivity contribution in [3.63, 3.8) is 0 Å². The maximum absolute atomic E-state index is 4.57. The Bertz CT molecular complexity index is 553. The molecule has 1 fully saturated rings. The van der Waals surface area contributed by atoms with Gasteiger partial charge in [0.25, 0.3) is 0 Å². The van der Waals surface area contributed by atoms with Crippen molar-refractivity contribution >= 4 is 21.7 Å². The molecule has 1 atom stereocenters. The van der Waals surface area contributed by atoms with Gasteiger partial charge in [0.15, 0.2) is 0 Å². The highest BCUT2D eigenvalue weighted by molar-refractivity contribution is 9.10. The van der Waals surface area contributed by atoms with E-state index < -0.39 is 0 Å². The fraction of sp³-hybridized carbons (Fsp3) is 0.429. The minimum absolute atomic E-state index is 0.480. The first-order valence-corrected chi connectivity index (χ1v) is 7.39. The topological polar surface area (TPSA) is 44.8 Å². The van der Waals surface area contributed by atoms with Crippen LogP contribution in [0.15, 0.2) is 29.1 Å². The van der Waals surface area contributed by atoms with Crippen LogP contribution in [0.4, 0.5) is 5.82 Å². The molecule has 4 nitrogen and oxygen atoms in total. The summed E-state index contributed by atoms with van der Waals surface area (Å²) in [5.41, 5.74) is 1.22. The number of anilines is 1. The largest absolute Gasteiger partial charge is 0.356 e. The summed E-state index contributed by atoms with van der Waals surface area (Å²) in [6.45, 7) is 4.18. The first-order chi connectivity index (χ1) is 9.24. The maximum Gasteiger partial charge on any atom is 0.131 e. The standard InChI is InChI=1S/C14H17BrN4/c1-10-7-12(15)8-18-14(10)19-6-2-3-11(9-19)13-16-4-5-17-13/h4-5,7-8,11H,2-3,6,9H2,1H3,(H,16,17). The SMILES string of the molecule is Cc1cc(Br)cnc1N1CCCC(c2ncc[nH]2)C1. The fourth-order valence-electron chi connectivity index (χ4n) is 2.76. The van der Waals surface area contributed by atoms with Crippen molar-refractivity contribution < 1.29 is 0 Å². The lowest BCUT2D eigenvalue weighted by molar-refractivity contribution is 0.491. The predicted molar refractivity (Wildman–Crippen MR) is 79.4 cm³/mol. The van der Waals surface area contributed by atoms with Crippen LogP contribution in [-0.2, 0) is 0 Å². The van der Waals surface area contributed by atoms with Gasteiger partial charge in [0.05, 0.1) is 0 Å². The number of aryl methyl sites for hydroxylation is 1. The van der Waals surface area contributed by atoms with Crippen LogP contribution in [0.3, 0.4) is 0 Å². The number of imidazole rings is 1. The Morgan fingerprint density at radius 1 is 1.42 bits per heavy atom. The number of piperidine rings is 1. The summed E-state index contributed by atoms with van der Waals surface area (Å²) in [6, 6.07) is 2.12. The maximum atomic E-state index is 4.57. The second-order valence-corrected chi connectivity index (χ2v) is 5.97. The van der Waals surface area contributed by atoms with Gasteiger partial charge in [-0.25, -0.2) is 9.97 Å². The summed E-state index contributed by atoms with van der Waals surface area (Å²) >= 11 is 3.47. The van der Waals surface area contributed by atoms with Gasteiger partial charge in [-0.3, -0.25) is 0 Å². The number of H-pyrrole nitrogens is 1. The Morgan fingerprint density at radius 2 is 2.32 bits per heavy atom. The van der Waals surface area contributed by atoms with Gasteiger partial charge in [0, 0.05) is 42.1 Å². The predicted octanol–water partition coefficient (Wildman–Crippen LogP) is 3.26. The van der Waals surface area contributed by atoms with Crippen LogP contribution in [0.2, 0.25) is 0 Å². The van der Waals surface area contributed by atoms with Crippen molar-refractivity contribution in [2.45, 2.75) is 25.7 Å². The first-order valence-electron chi connectivity index (χ1n) is 6.60. The summed E-state index contributed by atoms with van der Waals surface area (Å²) in [5.74, 6) is 2.67. The molecular formula is C14H17BrN4. The van der Waals surface area contributed by atoms with Gasteiger partial charge >= 0.3 is 0 Å². The van der Waals surface area contributed by atoms with E-state index in [1.54, 1.807) is 0 Å². The molecule has 2 aromatic rings. The van der Waals surface area contributed by atoms with Gasteiger partial charge in [-0.2, -0.15) is 0 Å². The molecule has 0 aromatic carbocycles. The fourth-order valence-corrected chi connectivity index (χ4v) is 3.20. The van der Waals surface area contributed by atoms with Gasteiger partial charge in [-0.05, 0) is 47.3 Å². The van der Waals surface area contributed by atoms with Crippen molar-refractivity contribution in [2.75, 3.05) is 18.0 Å². The second-order valence-electron chi connectivity index (χ2n) is 5.05. The minimum Gasteiger partial charge on any atom is -0.356 e. The van der Waals surface area contributed by atoms with Gasteiger partial charge in [0.1, 0.15) is 11.6 Å². The molecule has 0 saturated carbocycles. The van der Waals surface area contributed by atoms with E-state index in [4.69, 9.17) is 0 Å². The third-order valence-corrected chi connectivity index (χ3v) is 4.08. The van der Waals surface area contributed by atoms with Gasteiger partial charge in [0.2, 0.25) is 0 Å².